The first-order valence-corrected chi connectivity index (χ1v) is 8.86. The zero-order valence-corrected chi connectivity index (χ0v) is 14.9. The third-order valence-corrected chi connectivity index (χ3v) is 3.87. The fraction of sp³-hybridized carbons (Fsp3) is 0.412. The van der Waals surface area contributed by atoms with E-state index in [0.29, 0.717) is 32.2 Å². The van der Waals surface area contributed by atoms with Crippen LogP contribution < -0.4 is 15.4 Å². The number of aromatic nitrogens is 1. The first-order valence-electron chi connectivity index (χ1n) is 7.91. The van der Waals surface area contributed by atoms with Crippen LogP contribution in [0.25, 0.3) is 0 Å². The van der Waals surface area contributed by atoms with Crippen molar-refractivity contribution < 1.29 is 9.47 Å². The molecule has 0 saturated heterocycles. The van der Waals surface area contributed by atoms with Crippen molar-refractivity contribution in [2.45, 2.75) is 20.0 Å². The predicted molar refractivity (Wildman–Crippen MR) is 97.6 cm³/mol. The van der Waals surface area contributed by atoms with Crippen molar-refractivity contribution in [1.82, 2.24) is 15.6 Å². The molecule has 0 spiro atoms. The van der Waals surface area contributed by atoms with Gasteiger partial charge in [-0.1, -0.05) is 6.07 Å². The van der Waals surface area contributed by atoms with E-state index in [0.717, 1.165) is 18.1 Å². The highest BCUT2D eigenvalue weighted by atomic mass is 32.1. The van der Waals surface area contributed by atoms with E-state index in [1.165, 1.54) is 5.56 Å². The van der Waals surface area contributed by atoms with Crippen LogP contribution in [0.5, 0.6) is 5.88 Å². The predicted octanol–water partition coefficient (Wildman–Crippen LogP) is 2.42. The highest BCUT2D eigenvalue weighted by Gasteiger charge is 2.01. The molecule has 0 aliphatic carbocycles. The summed E-state index contributed by atoms with van der Waals surface area (Å²) in [4.78, 5) is 8.86. The van der Waals surface area contributed by atoms with E-state index in [2.05, 4.69) is 44.4 Å². The Bertz CT molecular complexity index is 600. The van der Waals surface area contributed by atoms with Crippen LogP contribution >= 0.6 is 11.3 Å². The number of aliphatic imine (C=N–C) groups is 1. The summed E-state index contributed by atoms with van der Waals surface area (Å²) in [6.45, 7) is 5.25. The van der Waals surface area contributed by atoms with Crippen molar-refractivity contribution in [3.63, 3.8) is 0 Å². The van der Waals surface area contributed by atoms with Crippen molar-refractivity contribution in [1.29, 1.82) is 0 Å². The summed E-state index contributed by atoms with van der Waals surface area (Å²) in [6, 6.07) is 5.94. The number of methoxy groups -OCH3 is 1. The number of pyridine rings is 1. The minimum atomic E-state index is 0.501. The molecule has 0 aliphatic rings. The van der Waals surface area contributed by atoms with E-state index >= 15 is 0 Å². The SMILES string of the molecule is CCNC(=NCc1ccsc1)NCc1ccc(OCCOC)nc1. The first-order chi connectivity index (χ1) is 11.8. The van der Waals surface area contributed by atoms with Crippen LogP contribution in [0.4, 0.5) is 0 Å². The highest BCUT2D eigenvalue weighted by Crippen LogP contribution is 2.08. The number of nitrogens with zero attached hydrogens (tertiary/aromatic N) is 2. The Labute approximate surface area is 146 Å². The molecule has 0 fully saturated rings. The molecule has 2 heterocycles. The van der Waals surface area contributed by atoms with Crippen LogP contribution in [-0.2, 0) is 17.8 Å². The topological polar surface area (TPSA) is 67.8 Å². The van der Waals surface area contributed by atoms with E-state index in [1.807, 2.05) is 12.1 Å². The van der Waals surface area contributed by atoms with Gasteiger partial charge in [-0.25, -0.2) is 9.98 Å². The molecular weight excluding hydrogens is 324 g/mol. The number of rotatable bonds is 9. The van der Waals surface area contributed by atoms with Gasteiger partial charge >= 0.3 is 0 Å². The fourth-order valence-corrected chi connectivity index (χ4v) is 2.57. The molecule has 2 rings (SSSR count). The van der Waals surface area contributed by atoms with E-state index in [1.54, 1.807) is 24.6 Å². The maximum Gasteiger partial charge on any atom is 0.213 e. The maximum atomic E-state index is 5.45. The Balaban J connectivity index is 1.83. The molecule has 6 nitrogen and oxygen atoms in total. The lowest BCUT2D eigenvalue weighted by Gasteiger charge is -2.11. The van der Waals surface area contributed by atoms with Gasteiger partial charge in [0.15, 0.2) is 5.96 Å². The smallest absolute Gasteiger partial charge is 0.213 e. The van der Waals surface area contributed by atoms with E-state index in [4.69, 9.17) is 9.47 Å². The van der Waals surface area contributed by atoms with Crippen LogP contribution in [0.15, 0.2) is 40.1 Å². The zero-order valence-electron chi connectivity index (χ0n) is 14.1. The summed E-state index contributed by atoms with van der Waals surface area (Å²) in [5.41, 5.74) is 2.28. The summed E-state index contributed by atoms with van der Waals surface area (Å²) in [7, 11) is 1.65. The second-order valence-corrected chi connectivity index (χ2v) is 5.81. The Morgan fingerprint density at radius 2 is 2.12 bits per heavy atom. The van der Waals surface area contributed by atoms with Gasteiger partial charge in [0.05, 0.1) is 13.2 Å². The number of thiophene rings is 1. The van der Waals surface area contributed by atoms with Crippen LogP contribution in [0.2, 0.25) is 0 Å². The quantitative estimate of drug-likeness (QED) is 0.414. The zero-order chi connectivity index (χ0) is 17.0. The molecule has 7 heteroatoms. The second-order valence-electron chi connectivity index (χ2n) is 5.03. The summed E-state index contributed by atoms with van der Waals surface area (Å²) in [6.07, 6.45) is 1.80. The normalized spacial score (nSPS) is 11.3. The van der Waals surface area contributed by atoms with Gasteiger partial charge in [0.2, 0.25) is 5.88 Å². The molecule has 130 valence electrons. The van der Waals surface area contributed by atoms with Crippen molar-refractivity contribution in [3.05, 3.63) is 46.3 Å². The van der Waals surface area contributed by atoms with Crippen molar-refractivity contribution in [2.24, 2.45) is 4.99 Å². The van der Waals surface area contributed by atoms with Gasteiger partial charge in [0.25, 0.3) is 0 Å². The van der Waals surface area contributed by atoms with Gasteiger partial charge in [-0.2, -0.15) is 11.3 Å². The Morgan fingerprint density at radius 1 is 1.21 bits per heavy atom. The summed E-state index contributed by atoms with van der Waals surface area (Å²) in [5.74, 6) is 1.40. The Kier molecular flexibility index (Phi) is 8.06. The van der Waals surface area contributed by atoms with Crippen molar-refractivity contribution in [3.8, 4) is 5.88 Å². The molecule has 0 unspecified atom stereocenters. The van der Waals surface area contributed by atoms with Gasteiger partial charge in [-0.3, -0.25) is 0 Å². The average Bonchev–Trinajstić information content (AvgIpc) is 3.12. The van der Waals surface area contributed by atoms with Gasteiger partial charge in [-0.05, 0) is 34.9 Å². The molecule has 0 amide bonds. The molecule has 0 bridgehead atoms. The molecular formula is C17H24N4O2S. The van der Waals surface area contributed by atoms with Crippen LogP contribution in [0, 0.1) is 0 Å². The minimum Gasteiger partial charge on any atom is -0.475 e. The lowest BCUT2D eigenvalue weighted by atomic mass is 10.3. The molecule has 24 heavy (non-hydrogen) atoms. The van der Waals surface area contributed by atoms with Crippen LogP contribution in [0.1, 0.15) is 18.1 Å². The van der Waals surface area contributed by atoms with Crippen molar-refractivity contribution in [2.75, 3.05) is 26.9 Å². The first kappa shape index (κ1) is 18.2. The Hall–Kier alpha value is -2.12. The highest BCUT2D eigenvalue weighted by molar-refractivity contribution is 7.07. The van der Waals surface area contributed by atoms with Gasteiger partial charge in [0, 0.05) is 32.5 Å². The van der Waals surface area contributed by atoms with Gasteiger partial charge < -0.3 is 20.1 Å². The monoisotopic (exact) mass is 348 g/mol. The fourth-order valence-electron chi connectivity index (χ4n) is 1.91. The lowest BCUT2D eigenvalue weighted by Crippen LogP contribution is -2.36. The average molecular weight is 348 g/mol. The second kappa shape index (κ2) is 10.6. The lowest BCUT2D eigenvalue weighted by molar-refractivity contribution is 0.143. The van der Waals surface area contributed by atoms with Crippen LogP contribution in [0.3, 0.4) is 0 Å². The minimum absolute atomic E-state index is 0.501. The van der Waals surface area contributed by atoms with Crippen molar-refractivity contribution >= 4 is 17.3 Å². The largest absolute Gasteiger partial charge is 0.475 e. The molecule has 0 radical (unpaired) electrons. The molecule has 2 aromatic rings. The number of hydrogen-bond donors (Lipinski definition) is 2. The third kappa shape index (κ3) is 6.55. The number of guanidine groups is 1. The third-order valence-electron chi connectivity index (χ3n) is 3.14. The number of ether oxygens (including phenoxy) is 2. The maximum absolute atomic E-state index is 5.45. The molecule has 0 saturated carbocycles. The Morgan fingerprint density at radius 3 is 2.79 bits per heavy atom. The van der Waals surface area contributed by atoms with E-state index in [9.17, 15) is 0 Å². The summed E-state index contributed by atoms with van der Waals surface area (Å²) in [5, 5.41) is 10.7. The summed E-state index contributed by atoms with van der Waals surface area (Å²) >= 11 is 1.69. The van der Waals surface area contributed by atoms with E-state index < -0.39 is 0 Å². The van der Waals surface area contributed by atoms with Crippen LogP contribution in [-0.4, -0.2) is 37.8 Å². The molecule has 2 aromatic heterocycles. The number of nitrogens with one attached hydrogen (secondary N) is 2. The van der Waals surface area contributed by atoms with Gasteiger partial charge in [-0.15, -0.1) is 0 Å². The van der Waals surface area contributed by atoms with Gasteiger partial charge in [0.1, 0.15) is 6.61 Å². The molecule has 0 atom stereocenters. The summed E-state index contributed by atoms with van der Waals surface area (Å²) < 4.78 is 10.4. The molecule has 2 N–H and O–H groups in total. The number of hydrogen-bond acceptors (Lipinski definition) is 5. The molecule has 0 aromatic carbocycles. The standard InChI is InChI=1S/C17H24N4O2S/c1-3-18-17(21-12-15-6-9-24-13-15)20-11-14-4-5-16(19-10-14)23-8-7-22-2/h4-6,9-10,13H,3,7-8,11-12H2,1-2H3,(H2,18,20,21). The molecule has 0 aliphatic heterocycles. The van der Waals surface area contributed by atoms with E-state index in [-0.39, 0.29) is 0 Å².